The number of likely N-dealkylation sites (tertiary alicyclic amines) is 2. The summed E-state index contributed by atoms with van der Waals surface area (Å²) < 4.78 is 5.26. The van der Waals surface area contributed by atoms with Gasteiger partial charge in [0.2, 0.25) is 11.7 Å². The number of carbonyl (C=O) groups is 2. The Kier molecular flexibility index (Phi) is 5.36. The van der Waals surface area contributed by atoms with Crippen LogP contribution in [-0.2, 0) is 11.3 Å². The summed E-state index contributed by atoms with van der Waals surface area (Å²) in [5.41, 5.74) is 1.56. The number of carbonyl (C=O) groups excluding carboxylic acids is 2. The molecule has 2 amide bonds. The van der Waals surface area contributed by atoms with Crippen LogP contribution in [0.2, 0.25) is 0 Å². The van der Waals surface area contributed by atoms with Crippen LogP contribution in [0.25, 0.3) is 0 Å². The zero-order chi connectivity index (χ0) is 20.4. The number of hydrogen-bond donors (Lipinski definition) is 1. The number of piperidine rings is 1. The van der Waals surface area contributed by atoms with E-state index < -0.39 is 0 Å². The largest absolute Gasteiger partial charge is 0.438 e. The molecule has 1 atom stereocenters. The third kappa shape index (κ3) is 4.03. The maximum Gasteiger partial charge on any atom is 0.291 e. The lowest BCUT2D eigenvalue weighted by Crippen LogP contribution is -2.44. The van der Waals surface area contributed by atoms with Crippen molar-refractivity contribution in [3.05, 3.63) is 47.9 Å². The summed E-state index contributed by atoms with van der Waals surface area (Å²) in [5.74, 6) is 0.285. The van der Waals surface area contributed by atoms with Crippen molar-refractivity contribution in [2.24, 2.45) is 5.41 Å². The van der Waals surface area contributed by atoms with Gasteiger partial charge in [0.15, 0.2) is 6.39 Å². The van der Waals surface area contributed by atoms with Crippen molar-refractivity contribution in [2.75, 3.05) is 26.7 Å². The van der Waals surface area contributed by atoms with Gasteiger partial charge in [0, 0.05) is 25.8 Å². The molecule has 1 unspecified atom stereocenters. The molecule has 2 aromatic rings. The first-order valence-electron chi connectivity index (χ1n) is 10.0. The average molecular weight is 397 g/mol. The van der Waals surface area contributed by atoms with E-state index in [0.717, 1.165) is 31.5 Å². The molecule has 4 rings (SSSR count). The van der Waals surface area contributed by atoms with Crippen LogP contribution in [0.15, 0.2) is 35.2 Å². The minimum atomic E-state index is -0.141. The van der Waals surface area contributed by atoms with Crippen molar-refractivity contribution in [2.45, 2.75) is 38.8 Å². The third-order valence-electron chi connectivity index (χ3n) is 6.27. The number of nitrogens with zero attached hydrogens (tertiary/aromatic N) is 4. The fourth-order valence-electron chi connectivity index (χ4n) is 4.56. The summed E-state index contributed by atoms with van der Waals surface area (Å²) in [6.07, 6.45) is 5.64. The van der Waals surface area contributed by atoms with Crippen molar-refractivity contribution in [1.29, 1.82) is 0 Å². The van der Waals surface area contributed by atoms with Gasteiger partial charge < -0.3 is 14.6 Å². The lowest BCUT2D eigenvalue weighted by molar-refractivity contribution is -0.125. The second-order valence-corrected chi connectivity index (χ2v) is 8.23. The van der Waals surface area contributed by atoms with Crippen LogP contribution in [0.1, 0.15) is 41.2 Å². The lowest BCUT2D eigenvalue weighted by Gasteiger charge is -2.39. The number of hydrogen-bond acceptors (Lipinski definition) is 6. The molecular formula is C21H27N5O3. The number of likely N-dealkylation sites (N-methyl/N-ethyl adjacent to an activating group) is 1. The standard InChI is InChI=1S/C21H27N5O3/c1-15-18(29-14-24-15)20(28)26-9-6-21(7-10-26)11-17(25(2)13-21)19(27)23-12-16-5-3-4-8-22-16/h3-5,8,14,17H,6-7,9-13H2,1-2H3,(H,23,27). The van der Waals surface area contributed by atoms with Crippen LogP contribution >= 0.6 is 0 Å². The highest BCUT2D eigenvalue weighted by Gasteiger charge is 2.47. The first kappa shape index (κ1) is 19.6. The minimum absolute atomic E-state index is 0.0471. The molecular weight excluding hydrogens is 370 g/mol. The normalized spacial score (nSPS) is 21.4. The summed E-state index contributed by atoms with van der Waals surface area (Å²) in [6.45, 7) is 4.44. The number of aryl methyl sites for hydroxylation is 1. The number of oxazole rings is 1. The van der Waals surface area contributed by atoms with Crippen molar-refractivity contribution in [3.63, 3.8) is 0 Å². The van der Waals surface area contributed by atoms with Crippen LogP contribution in [-0.4, -0.2) is 64.3 Å². The molecule has 0 aliphatic carbocycles. The summed E-state index contributed by atoms with van der Waals surface area (Å²) in [4.78, 5) is 37.7. The number of rotatable bonds is 4. The summed E-state index contributed by atoms with van der Waals surface area (Å²) >= 11 is 0. The second-order valence-electron chi connectivity index (χ2n) is 8.23. The molecule has 1 spiro atoms. The molecule has 2 saturated heterocycles. The fraction of sp³-hybridized carbons (Fsp3) is 0.524. The van der Waals surface area contributed by atoms with Crippen LogP contribution < -0.4 is 5.32 Å². The summed E-state index contributed by atoms with van der Waals surface area (Å²) in [7, 11) is 2.01. The number of aromatic nitrogens is 2. The molecule has 0 radical (unpaired) electrons. The third-order valence-corrected chi connectivity index (χ3v) is 6.27. The van der Waals surface area contributed by atoms with Gasteiger partial charge in [-0.05, 0) is 50.8 Å². The molecule has 8 heteroatoms. The van der Waals surface area contributed by atoms with Gasteiger partial charge in [-0.1, -0.05) is 6.07 Å². The maximum atomic E-state index is 12.8. The first-order chi connectivity index (χ1) is 14.0. The van der Waals surface area contributed by atoms with Gasteiger partial charge >= 0.3 is 0 Å². The van der Waals surface area contributed by atoms with E-state index in [4.69, 9.17) is 4.42 Å². The molecule has 2 fully saturated rings. The van der Waals surface area contributed by atoms with E-state index >= 15 is 0 Å². The Morgan fingerprint density at radius 3 is 2.72 bits per heavy atom. The van der Waals surface area contributed by atoms with Gasteiger partial charge in [-0.25, -0.2) is 4.98 Å². The smallest absolute Gasteiger partial charge is 0.291 e. The Morgan fingerprint density at radius 2 is 2.07 bits per heavy atom. The number of amides is 2. The highest BCUT2D eigenvalue weighted by Crippen LogP contribution is 2.43. The SMILES string of the molecule is Cc1ncoc1C(=O)N1CCC2(CC1)CC(C(=O)NCc1ccccn1)N(C)C2. The van der Waals surface area contributed by atoms with E-state index in [2.05, 4.69) is 20.2 Å². The monoisotopic (exact) mass is 397 g/mol. The van der Waals surface area contributed by atoms with E-state index in [-0.39, 0.29) is 23.3 Å². The maximum absolute atomic E-state index is 12.8. The highest BCUT2D eigenvalue weighted by atomic mass is 16.3. The predicted molar refractivity (Wildman–Crippen MR) is 106 cm³/mol. The molecule has 4 heterocycles. The summed E-state index contributed by atoms with van der Waals surface area (Å²) in [6, 6.07) is 5.54. The zero-order valence-electron chi connectivity index (χ0n) is 16.9. The number of pyridine rings is 1. The van der Waals surface area contributed by atoms with Crippen molar-refractivity contribution >= 4 is 11.8 Å². The van der Waals surface area contributed by atoms with Gasteiger partial charge in [0.05, 0.1) is 24.0 Å². The Hall–Kier alpha value is -2.74. The van der Waals surface area contributed by atoms with Crippen LogP contribution in [0.3, 0.4) is 0 Å². The Bertz CT molecular complexity index is 873. The molecule has 1 N–H and O–H groups in total. The van der Waals surface area contributed by atoms with Gasteiger partial charge in [0.1, 0.15) is 0 Å². The molecule has 0 saturated carbocycles. The highest BCUT2D eigenvalue weighted by molar-refractivity contribution is 5.92. The molecule has 2 aliphatic heterocycles. The van der Waals surface area contributed by atoms with Crippen molar-refractivity contribution in [3.8, 4) is 0 Å². The van der Waals surface area contributed by atoms with E-state index in [9.17, 15) is 9.59 Å². The second kappa shape index (κ2) is 7.94. The fourth-order valence-corrected chi connectivity index (χ4v) is 4.56. The van der Waals surface area contributed by atoms with Gasteiger partial charge in [-0.3, -0.25) is 19.5 Å². The Labute approximate surface area is 170 Å². The quantitative estimate of drug-likeness (QED) is 0.843. The first-order valence-corrected chi connectivity index (χ1v) is 10.0. The summed E-state index contributed by atoms with van der Waals surface area (Å²) in [5, 5.41) is 3.02. The molecule has 2 aliphatic rings. The lowest BCUT2D eigenvalue weighted by atomic mass is 9.76. The molecule has 0 aromatic carbocycles. The zero-order valence-corrected chi connectivity index (χ0v) is 16.9. The van der Waals surface area contributed by atoms with E-state index in [1.165, 1.54) is 6.39 Å². The Morgan fingerprint density at radius 1 is 1.28 bits per heavy atom. The molecule has 154 valence electrons. The molecule has 0 bridgehead atoms. The molecule has 2 aromatic heterocycles. The van der Waals surface area contributed by atoms with Crippen molar-refractivity contribution in [1.82, 2.24) is 25.1 Å². The van der Waals surface area contributed by atoms with Crippen molar-refractivity contribution < 1.29 is 14.0 Å². The van der Waals surface area contributed by atoms with Crippen LogP contribution in [0, 0.1) is 12.3 Å². The van der Waals surface area contributed by atoms with Gasteiger partial charge in [-0.2, -0.15) is 0 Å². The van der Waals surface area contributed by atoms with E-state index in [1.807, 2.05) is 30.1 Å². The van der Waals surface area contributed by atoms with E-state index in [1.54, 1.807) is 13.1 Å². The van der Waals surface area contributed by atoms with Gasteiger partial charge in [0.25, 0.3) is 5.91 Å². The minimum Gasteiger partial charge on any atom is -0.438 e. The topological polar surface area (TPSA) is 91.6 Å². The van der Waals surface area contributed by atoms with Crippen LogP contribution in [0.5, 0.6) is 0 Å². The van der Waals surface area contributed by atoms with Gasteiger partial charge in [-0.15, -0.1) is 0 Å². The van der Waals surface area contributed by atoms with Crippen LogP contribution in [0.4, 0.5) is 0 Å². The molecule has 8 nitrogen and oxygen atoms in total. The number of nitrogens with one attached hydrogen (secondary N) is 1. The van der Waals surface area contributed by atoms with E-state index in [0.29, 0.717) is 31.1 Å². The predicted octanol–water partition coefficient (Wildman–Crippen LogP) is 1.62. The average Bonchev–Trinajstić information content (AvgIpc) is 3.30. The Balaban J connectivity index is 1.33. The molecule has 29 heavy (non-hydrogen) atoms.